The summed E-state index contributed by atoms with van der Waals surface area (Å²) in [6.07, 6.45) is -0.563. The van der Waals surface area contributed by atoms with E-state index < -0.39 is 24.2 Å². The number of nitrogens with one attached hydrogen (secondary N) is 2. The molecule has 2 atom stereocenters. The number of aliphatic hydroxyl groups is 1. The molecule has 2 unspecified atom stereocenters. The first-order valence-electron chi connectivity index (χ1n) is 11.6. The van der Waals surface area contributed by atoms with E-state index in [1.165, 1.54) is 29.2 Å². The number of benzene rings is 2. The zero-order valence-corrected chi connectivity index (χ0v) is 19.5. The number of carbonyl (C=O) groups is 1. The Bertz CT molecular complexity index is 1390. The molecule has 36 heavy (non-hydrogen) atoms. The molecule has 2 aromatic carbocycles. The molecule has 0 spiro atoms. The number of hydrogen-bond acceptors (Lipinski definition) is 7. The molecule has 0 bridgehead atoms. The summed E-state index contributed by atoms with van der Waals surface area (Å²) in [5, 5.41) is 31.3. The highest BCUT2D eigenvalue weighted by molar-refractivity contribution is 5.91. The molecule has 1 saturated heterocycles. The van der Waals surface area contributed by atoms with E-state index in [1.54, 1.807) is 18.2 Å². The molecule has 5 rings (SSSR count). The normalized spacial score (nSPS) is 16.6. The number of rotatable bonds is 6. The number of aliphatic hydroxyl groups excluding tert-OH is 1. The molecule has 186 valence electrons. The number of likely N-dealkylation sites (tertiary alicyclic amines) is 1. The van der Waals surface area contributed by atoms with Gasteiger partial charge in [0.05, 0.1) is 5.52 Å². The van der Waals surface area contributed by atoms with Crippen molar-refractivity contribution in [2.24, 2.45) is 0 Å². The summed E-state index contributed by atoms with van der Waals surface area (Å²) < 4.78 is 19.4. The Morgan fingerprint density at radius 1 is 1.19 bits per heavy atom. The fourth-order valence-corrected chi connectivity index (χ4v) is 4.22. The molecule has 0 aliphatic carbocycles. The van der Waals surface area contributed by atoms with Crippen molar-refractivity contribution in [3.05, 3.63) is 71.4 Å². The molecule has 1 amide bonds. The lowest BCUT2D eigenvalue weighted by Crippen LogP contribution is -2.46. The highest BCUT2D eigenvalue weighted by atomic mass is 19.1. The summed E-state index contributed by atoms with van der Waals surface area (Å²) in [6, 6.07) is 12.5. The lowest BCUT2D eigenvalue weighted by Gasteiger charge is -2.33. The number of hydrogen-bond donors (Lipinski definition) is 4. The molecule has 1 aliphatic heterocycles. The molecule has 0 radical (unpaired) electrons. The van der Waals surface area contributed by atoms with Crippen LogP contribution in [0.2, 0.25) is 0 Å². The highest BCUT2D eigenvalue weighted by Gasteiger charge is 2.28. The minimum atomic E-state index is -1.21. The minimum Gasteiger partial charge on any atom is -0.470 e. The van der Waals surface area contributed by atoms with Crippen LogP contribution in [-0.4, -0.2) is 54.1 Å². The lowest BCUT2D eigenvalue weighted by atomic mass is 10.1. The van der Waals surface area contributed by atoms with Crippen molar-refractivity contribution in [3.8, 4) is 5.75 Å². The molecule has 11 heteroatoms. The number of H-pyrrole nitrogens is 1. The maximum atomic E-state index is 13.4. The highest BCUT2D eigenvalue weighted by Crippen LogP contribution is 2.31. The van der Waals surface area contributed by atoms with E-state index in [2.05, 4.69) is 25.5 Å². The molecule has 10 nitrogen and oxygen atoms in total. The van der Waals surface area contributed by atoms with Crippen LogP contribution in [0.3, 0.4) is 0 Å². The summed E-state index contributed by atoms with van der Waals surface area (Å²) in [5.74, 6) is 1.09. The maximum absolute atomic E-state index is 13.4. The first-order chi connectivity index (χ1) is 17.4. The number of nitrogens with zero attached hydrogens (tertiary/aromatic N) is 4. The van der Waals surface area contributed by atoms with Gasteiger partial charge in [0.1, 0.15) is 23.5 Å². The number of halogens is 1. The number of amides is 1. The number of aromatic nitrogens is 4. The third-order valence-corrected chi connectivity index (χ3v) is 6.03. The van der Waals surface area contributed by atoms with Crippen molar-refractivity contribution < 1.29 is 24.1 Å². The van der Waals surface area contributed by atoms with Gasteiger partial charge >= 0.3 is 6.09 Å². The van der Waals surface area contributed by atoms with Gasteiger partial charge in [-0.15, -0.1) is 0 Å². The summed E-state index contributed by atoms with van der Waals surface area (Å²) in [4.78, 5) is 22.0. The zero-order valence-electron chi connectivity index (χ0n) is 19.5. The SMILES string of the molecule is Cc1cc(Nc2nc(C(O)c3ccc(F)cc3)nc3cc(OC4CCCCN4C(=O)O)ccc23)n[nH]1. The molecule has 4 N–H and O–H groups in total. The average Bonchev–Trinajstić information content (AvgIpc) is 3.28. The first kappa shape index (κ1) is 23.5. The van der Waals surface area contributed by atoms with Gasteiger partial charge in [0, 0.05) is 36.2 Å². The fraction of sp³-hybridized carbons (Fsp3) is 0.280. The summed E-state index contributed by atoms with van der Waals surface area (Å²) >= 11 is 0. The van der Waals surface area contributed by atoms with E-state index in [-0.39, 0.29) is 5.82 Å². The second-order valence-electron chi connectivity index (χ2n) is 8.67. The van der Waals surface area contributed by atoms with Crippen LogP contribution in [-0.2, 0) is 0 Å². The zero-order chi connectivity index (χ0) is 25.2. The molecule has 1 aliphatic rings. The number of fused-ring (bicyclic) bond motifs is 1. The van der Waals surface area contributed by atoms with Crippen LogP contribution in [0, 0.1) is 12.7 Å². The van der Waals surface area contributed by atoms with Crippen LogP contribution < -0.4 is 10.1 Å². The largest absolute Gasteiger partial charge is 0.470 e. The Morgan fingerprint density at radius 2 is 2.00 bits per heavy atom. The quantitative estimate of drug-likeness (QED) is 0.309. The van der Waals surface area contributed by atoms with E-state index in [0.29, 0.717) is 46.8 Å². The summed E-state index contributed by atoms with van der Waals surface area (Å²) in [5.41, 5.74) is 1.77. The van der Waals surface area contributed by atoms with Crippen molar-refractivity contribution in [3.63, 3.8) is 0 Å². The van der Waals surface area contributed by atoms with Crippen molar-refractivity contribution in [2.75, 3.05) is 11.9 Å². The molecule has 3 heterocycles. The van der Waals surface area contributed by atoms with E-state index in [1.807, 2.05) is 13.0 Å². The van der Waals surface area contributed by atoms with Gasteiger partial charge in [-0.3, -0.25) is 10.00 Å². The van der Waals surface area contributed by atoms with Crippen molar-refractivity contribution in [2.45, 2.75) is 38.5 Å². The Morgan fingerprint density at radius 3 is 2.72 bits per heavy atom. The average molecular weight is 493 g/mol. The van der Waals surface area contributed by atoms with Crippen molar-refractivity contribution in [1.82, 2.24) is 25.1 Å². The maximum Gasteiger partial charge on any atom is 0.410 e. The minimum absolute atomic E-state index is 0.103. The number of piperidine rings is 1. The number of aryl methyl sites for hydroxylation is 1. The van der Waals surface area contributed by atoms with Gasteiger partial charge in [0.15, 0.2) is 17.9 Å². The number of anilines is 2. The molecule has 1 fully saturated rings. The van der Waals surface area contributed by atoms with Crippen molar-refractivity contribution >= 4 is 28.6 Å². The van der Waals surface area contributed by atoms with Gasteiger partial charge in [0.25, 0.3) is 0 Å². The topological polar surface area (TPSA) is 136 Å². The van der Waals surface area contributed by atoms with Crippen molar-refractivity contribution in [1.29, 1.82) is 0 Å². The third kappa shape index (κ3) is 4.91. The summed E-state index contributed by atoms with van der Waals surface area (Å²) in [6.45, 7) is 2.29. The van der Waals surface area contributed by atoms with Gasteiger partial charge < -0.3 is 20.3 Å². The second-order valence-corrected chi connectivity index (χ2v) is 8.67. The van der Waals surface area contributed by atoms with E-state index in [9.17, 15) is 19.4 Å². The molecule has 0 saturated carbocycles. The van der Waals surface area contributed by atoms with Crippen LogP contribution in [0.15, 0.2) is 48.5 Å². The van der Waals surface area contributed by atoms with E-state index in [4.69, 9.17) is 4.74 Å². The molecule has 2 aromatic heterocycles. The van der Waals surface area contributed by atoms with E-state index in [0.717, 1.165) is 18.5 Å². The summed E-state index contributed by atoms with van der Waals surface area (Å²) in [7, 11) is 0. The number of carboxylic acid groups (broad SMARTS) is 1. The Balaban J connectivity index is 1.53. The van der Waals surface area contributed by atoms with Crippen LogP contribution in [0.5, 0.6) is 5.75 Å². The van der Waals surface area contributed by atoms with Gasteiger partial charge in [-0.25, -0.2) is 19.2 Å². The Labute approximate surface area is 205 Å². The monoisotopic (exact) mass is 492 g/mol. The predicted molar refractivity (Wildman–Crippen MR) is 130 cm³/mol. The van der Waals surface area contributed by atoms with Gasteiger partial charge in [-0.05, 0) is 49.6 Å². The first-order valence-corrected chi connectivity index (χ1v) is 11.6. The van der Waals surface area contributed by atoms with Crippen LogP contribution in [0.25, 0.3) is 10.9 Å². The van der Waals surface area contributed by atoms with E-state index >= 15 is 0 Å². The standard InChI is InChI=1S/C25H25FN6O4/c1-14-12-20(31-30-14)28-23-18-10-9-17(36-21-4-2-3-11-32(21)25(34)35)13-19(18)27-24(29-23)22(33)15-5-7-16(26)8-6-15/h5-10,12-13,21-22,33H,2-4,11H2,1H3,(H,34,35)(H2,27,28,29,30,31). The number of ether oxygens (including phenoxy) is 1. The lowest BCUT2D eigenvalue weighted by molar-refractivity contribution is 0.00606. The smallest absolute Gasteiger partial charge is 0.410 e. The molecular weight excluding hydrogens is 467 g/mol. The van der Waals surface area contributed by atoms with Gasteiger partial charge in [0.2, 0.25) is 0 Å². The van der Waals surface area contributed by atoms with Gasteiger partial charge in [-0.2, -0.15) is 5.10 Å². The van der Waals surface area contributed by atoms with Crippen LogP contribution in [0.4, 0.5) is 20.8 Å². The second kappa shape index (κ2) is 9.78. The molecule has 4 aromatic rings. The van der Waals surface area contributed by atoms with Gasteiger partial charge in [-0.1, -0.05) is 12.1 Å². The Kier molecular flexibility index (Phi) is 6.38. The van der Waals surface area contributed by atoms with Crippen LogP contribution >= 0.6 is 0 Å². The predicted octanol–water partition coefficient (Wildman–Crippen LogP) is 4.49. The number of aromatic amines is 1. The fourth-order valence-electron chi connectivity index (χ4n) is 4.22. The van der Waals surface area contributed by atoms with Crippen LogP contribution in [0.1, 0.15) is 42.4 Å². The third-order valence-electron chi connectivity index (χ3n) is 6.03. The molecular formula is C25H25FN6O4. The Hall–Kier alpha value is -4.25.